The third-order valence-electron chi connectivity index (χ3n) is 2.84. The van der Waals surface area contributed by atoms with Gasteiger partial charge < -0.3 is 5.73 Å². The quantitative estimate of drug-likeness (QED) is 0.785. The average molecular weight is 269 g/mol. The summed E-state index contributed by atoms with van der Waals surface area (Å²) in [4.78, 5) is 16.2. The lowest BCUT2D eigenvalue weighted by Gasteiger charge is -2.08. The van der Waals surface area contributed by atoms with Crippen LogP contribution in [0.1, 0.15) is 21.5 Å². The standard InChI is InChI=1S/C14H15N5O/c1-10-11(6-4-8-15)5-3-7-12(10)13(20)18-14-16-9-17-19(14)2/h3,5,7,9H,8,15H2,1-2H3,(H,16,17,18,20). The molecule has 0 saturated heterocycles. The number of aryl methyl sites for hydroxylation is 1. The topological polar surface area (TPSA) is 85.8 Å². The highest BCUT2D eigenvalue weighted by molar-refractivity contribution is 6.04. The highest BCUT2D eigenvalue weighted by Crippen LogP contribution is 2.14. The van der Waals surface area contributed by atoms with Crippen molar-refractivity contribution in [3.63, 3.8) is 0 Å². The van der Waals surface area contributed by atoms with Crippen molar-refractivity contribution in [2.45, 2.75) is 6.92 Å². The molecule has 1 amide bonds. The maximum absolute atomic E-state index is 12.2. The number of hydrogen-bond donors (Lipinski definition) is 2. The summed E-state index contributed by atoms with van der Waals surface area (Å²) in [7, 11) is 1.71. The van der Waals surface area contributed by atoms with Gasteiger partial charge in [-0.2, -0.15) is 10.1 Å². The number of nitrogens with one attached hydrogen (secondary N) is 1. The summed E-state index contributed by atoms with van der Waals surface area (Å²) in [5, 5.41) is 6.61. The van der Waals surface area contributed by atoms with Crippen molar-refractivity contribution < 1.29 is 4.79 Å². The number of benzene rings is 1. The molecule has 0 radical (unpaired) electrons. The SMILES string of the molecule is Cc1c(C#CCN)cccc1C(=O)Nc1ncnn1C. The van der Waals surface area contributed by atoms with Crippen LogP contribution in [0.2, 0.25) is 0 Å². The van der Waals surface area contributed by atoms with Crippen molar-refractivity contribution in [3.8, 4) is 11.8 Å². The van der Waals surface area contributed by atoms with Crippen molar-refractivity contribution in [1.82, 2.24) is 14.8 Å². The van der Waals surface area contributed by atoms with Crippen molar-refractivity contribution in [3.05, 3.63) is 41.2 Å². The molecular weight excluding hydrogens is 254 g/mol. The van der Waals surface area contributed by atoms with E-state index in [1.54, 1.807) is 19.2 Å². The number of carbonyl (C=O) groups is 1. The zero-order valence-corrected chi connectivity index (χ0v) is 11.3. The molecule has 0 atom stereocenters. The minimum Gasteiger partial charge on any atom is -0.320 e. The molecule has 0 bridgehead atoms. The Morgan fingerprint density at radius 1 is 1.50 bits per heavy atom. The number of amides is 1. The Hall–Kier alpha value is -2.65. The summed E-state index contributed by atoms with van der Waals surface area (Å²) < 4.78 is 1.49. The Morgan fingerprint density at radius 3 is 2.95 bits per heavy atom. The summed E-state index contributed by atoms with van der Waals surface area (Å²) in [6.07, 6.45) is 1.38. The zero-order chi connectivity index (χ0) is 14.5. The minimum absolute atomic E-state index is 0.241. The van der Waals surface area contributed by atoms with Crippen LogP contribution in [0, 0.1) is 18.8 Å². The lowest BCUT2D eigenvalue weighted by molar-refractivity contribution is 0.102. The molecule has 1 heterocycles. The molecule has 0 saturated carbocycles. The second kappa shape index (κ2) is 5.99. The van der Waals surface area contributed by atoms with Crippen molar-refractivity contribution in [1.29, 1.82) is 0 Å². The van der Waals surface area contributed by atoms with E-state index in [2.05, 4.69) is 27.2 Å². The summed E-state index contributed by atoms with van der Waals surface area (Å²) in [5.74, 6) is 5.89. The van der Waals surface area contributed by atoms with Crippen LogP contribution in [0.25, 0.3) is 0 Å². The Labute approximate surface area is 117 Å². The molecule has 2 rings (SSSR count). The van der Waals surface area contributed by atoms with Crippen molar-refractivity contribution >= 4 is 11.9 Å². The number of rotatable bonds is 2. The van der Waals surface area contributed by atoms with Crippen LogP contribution in [0.5, 0.6) is 0 Å². The average Bonchev–Trinajstić information content (AvgIpc) is 2.83. The van der Waals surface area contributed by atoms with Crippen LogP contribution < -0.4 is 11.1 Å². The summed E-state index contributed by atoms with van der Waals surface area (Å²) in [6, 6.07) is 5.39. The molecule has 20 heavy (non-hydrogen) atoms. The lowest BCUT2D eigenvalue weighted by atomic mass is 10.0. The van der Waals surface area contributed by atoms with Crippen LogP contribution in [0.4, 0.5) is 5.95 Å². The van der Waals surface area contributed by atoms with Crippen molar-refractivity contribution in [2.24, 2.45) is 12.8 Å². The number of anilines is 1. The number of nitrogens with zero attached hydrogens (tertiary/aromatic N) is 3. The van der Waals surface area contributed by atoms with Gasteiger partial charge in [0.25, 0.3) is 5.91 Å². The highest BCUT2D eigenvalue weighted by Gasteiger charge is 2.13. The predicted molar refractivity (Wildman–Crippen MR) is 76.1 cm³/mol. The van der Waals surface area contributed by atoms with Crippen molar-refractivity contribution in [2.75, 3.05) is 11.9 Å². The summed E-state index contributed by atoms with van der Waals surface area (Å²) >= 11 is 0. The number of hydrogen-bond acceptors (Lipinski definition) is 4. The molecule has 102 valence electrons. The molecule has 0 aliphatic carbocycles. The van der Waals surface area contributed by atoms with Crippen LogP contribution >= 0.6 is 0 Å². The first kappa shape index (κ1) is 13.8. The monoisotopic (exact) mass is 269 g/mol. The minimum atomic E-state index is -0.241. The van der Waals surface area contributed by atoms with E-state index in [9.17, 15) is 4.79 Å². The highest BCUT2D eigenvalue weighted by atomic mass is 16.1. The fourth-order valence-electron chi connectivity index (χ4n) is 1.74. The maximum Gasteiger partial charge on any atom is 0.258 e. The molecule has 6 heteroatoms. The van der Waals surface area contributed by atoms with Gasteiger partial charge in [0.1, 0.15) is 6.33 Å². The molecule has 0 aliphatic rings. The first-order chi connectivity index (χ1) is 9.63. The largest absolute Gasteiger partial charge is 0.320 e. The second-order valence-corrected chi connectivity index (χ2v) is 4.15. The normalized spacial score (nSPS) is 9.75. The first-order valence-electron chi connectivity index (χ1n) is 6.07. The van der Waals surface area contributed by atoms with E-state index in [-0.39, 0.29) is 12.5 Å². The molecular formula is C14H15N5O. The molecule has 3 N–H and O–H groups in total. The van der Waals surface area contributed by atoms with Gasteiger partial charge in [-0.15, -0.1) is 0 Å². The molecule has 0 aliphatic heterocycles. The molecule has 0 fully saturated rings. The van der Waals surface area contributed by atoms with Gasteiger partial charge in [0.2, 0.25) is 5.95 Å². The third-order valence-corrected chi connectivity index (χ3v) is 2.84. The van der Waals surface area contributed by atoms with Gasteiger partial charge in [-0.25, -0.2) is 4.68 Å². The van der Waals surface area contributed by atoms with Gasteiger partial charge in [0, 0.05) is 18.2 Å². The van der Waals surface area contributed by atoms with Gasteiger partial charge in [0.15, 0.2) is 0 Å². The maximum atomic E-state index is 12.2. The lowest BCUT2D eigenvalue weighted by Crippen LogP contribution is -2.17. The van der Waals surface area contributed by atoms with Gasteiger partial charge >= 0.3 is 0 Å². The Morgan fingerprint density at radius 2 is 2.30 bits per heavy atom. The Bertz CT molecular complexity index is 693. The fourth-order valence-corrected chi connectivity index (χ4v) is 1.74. The predicted octanol–water partition coefficient (Wildman–Crippen LogP) is 0.686. The molecule has 0 unspecified atom stereocenters. The van der Waals surface area contributed by atoms with Gasteiger partial charge in [-0.1, -0.05) is 17.9 Å². The summed E-state index contributed by atoms with van der Waals surface area (Å²) in [6.45, 7) is 2.14. The number of nitrogens with two attached hydrogens (primary N) is 1. The molecule has 1 aromatic heterocycles. The Kier molecular flexibility index (Phi) is 4.13. The van der Waals surface area contributed by atoms with E-state index in [1.165, 1.54) is 11.0 Å². The smallest absolute Gasteiger partial charge is 0.258 e. The number of carbonyl (C=O) groups excluding carboxylic acids is 1. The number of aromatic nitrogens is 3. The summed E-state index contributed by atoms with van der Waals surface area (Å²) in [5.41, 5.74) is 7.52. The third kappa shape index (κ3) is 2.84. The van der Waals surface area contributed by atoms with Crippen LogP contribution in [0.15, 0.2) is 24.5 Å². The van der Waals surface area contributed by atoms with E-state index in [0.717, 1.165) is 11.1 Å². The van der Waals surface area contributed by atoms with Crippen LogP contribution in [0.3, 0.4) is 0 Å². The second-order valence-electron chi connectivity index (χ2n) is 4.15. The van der Waals surface area contributed by atoms with E-state index < -0.39 is 0 Å². The van der Waals surface area contributed by atoms with Gasteiger partial charge in [-0.3, -0.25) is 10.1 Å². The van der Waals surface area contributed by atoms with E-state index in [0.29, 0.717) is 11.5 Å². The molecule has 6 nitrogen and oxygen atoms in total. The van der Waals surface area contributed by atoms with E-state index in [1.807, 2.05) is 13.0 Å². The van der Waals surface area contributed by atoms with E-state index >= 15 is 0 Å². The van der Waals surface area contributed by atoms with Gasteiger partial charge in [-0.05, 0) is 24.6 Å². The fraction of sp³-hybridized carbons (Fsp3) is 0.214. The molecule has 0 spiro atoms. The zero-order valence-electron chi connectivity index (χ0n) is 11.3. The Balaban J connectivity index is 2.29. The molecule has 2 aromatic rings. The van der Waals surface area contributed by atoms with Crippen LogP contribution in [-0.4, -0.2) is 27.2 Å². The van der Waals surface area contributed by atoms with E-state index in [4.69, 9.17) is 5.73 Å². The first-order valence-corrected chi connectivity index (χ1v) is 6.07. The van der Waals surface area contributed by atoms with Gasteiger partial charge in [0.05, 0.1) is 6.54 Å². The van der Waals surface area contributed by atoms with Crippen LogP contribution in [-0.2, 0) is 7.05 Å². The molecule has 1 aromatic carbocycles.